The fourth-order valence-corrected chi connectivity index (χ4v) is 4.03. The second kappa shape index (κ2) is 11.5. The number of nitrogens with zero attached hydrogens (tertiary/aromatic N) is 3. The average Bonchev–Trinajstić information content (AvgIpc) is 3.16. The van der Waals surface area contributed by atoms with Crippen molar-refractivity contribution in [3.05, 3.63) is 0 Å². The van der Waals surface area contributed by atoms with Gasteiger partial charge in [-0.3, -0.25) is 14.8 Å². The van der Waals surface area contributed by atoms with E-state index in [2.05, 4.69) is 46.2 Å². The lowest BCUT2D eigenvalue weighted by atomic mass is 10.1. The molecule has 0 aliphatic carbocycles. The minimum Gasteiger partial charge on any atom is -0.355 e. The van der Waals surface area contributed by atoms with Crippen molar-refractivity contribution in [3.63, 3.8) is 0 Å². The van der Waals surface area contributed by atoms with Gasteiger partial charge in [-0.15, -0.1) is 24.0 Å². The Morgan fingerprint density at radius 1 is 1.04 bits per heavy atom. The van der Waals surface area contributed by atoms with Crippen LogP contribution in [0.5, 0.6) is 0 Å². The van der Waals surface area contributed by atoms with Crippen LogP contribution in [-0.2, 0) is 0 Å². The molecule has 5 nitrogen and oxygen atoms in total. The minimum absolute atomic E-state index is 0. The molecule has 0 spiro atoms. The maximum Gasteiger partial charge on any atom is 0.191 e. The Bertz CT molecular complexity index is 374. The van der Waals surface area contributed by atoms with E-state index in [0.717, 1.165) is 31.5 Å². The van der Waals surface area contributed by atoms with Crippen LogP contribution in [0.2, 0.25) is 0 Å². The first-order valence-corrected chi connectivity index (χ1v) is 9.56. The van der Waals surface area contributed by atoms with Crippen molar-refractivity contribution in [2.75, 3.05) is 46.3 Å². The first kappa shape index (κ1) is 22.0. The van der Waals surface area contributed by atoms with Crippen LogP contribution in [0.25, 0.3) is 0 Å². The van der Waals surface area contributed by atoms with Crippen LogP contribution in [-0.4, -0.2) is 74.2 Å². The SMILES string of the molecule is CCN1CCCC1CNC(=NC)NC[C@H]1CCCN1CC(C)C.I. The number of hydrogen-bond acceptors (Lipinski definition) is 3. The van der Waals surface area contributed by atoms with E-state index in [-0.39, 0.29) is 24.0 Å². The summed E-state index contributed by atoms with van der Waals surface area (Å²) in [4.78, 5) is 9.61. The smallest absolute Gasteiger partial charge is 0.191 e. The van der Waals surface area contributed by atoms with Gasteiger partial charge >= 0.3 is 0 Å². The summed E-state index contributed by atoms with van der Waals surface area (Å²) in [6, 6.07) is 1.33. The Labute approximate surface area is 166 Å². The molecule has 0 aromatic carbocycles. The van der Waals surface area contributed by atoms with Crippen molar-refractivity contribution >= 4 is 29.9 Å². The number of guanidine groups is 1. The summed E-state index contributed by atoms with van der Waals surface area (Å²) in [5.41, 5.74) is 0. The topological polar surface area (TPSA) is 42.9 Å². The first-order valence-electron chi connectivity index (χ1n) is 9.56. The lowest BCUT2D eigenvalue weighted by Gasteiger charge is -2.27. The number of nitrogens with one attached hydrogen (secondary N) is 2. The van der Waals surface area contributed by atoms with Crippen LogP contribution in [0.15, 0.2) is 4.99 Å². The van der Waals surface area contributed by atoms with Crippen molar-refractivity contribution in [1.29, 1.82) is 0 Å². The fraction of sp³-hybridized carbons (Fsp3) is 0.944. The molecule has 2 fully saturated rings. The van der Waals surface area contributed by atoms with Crippen molar-refractivity contribution < 1.29 is 0 Å². The normalized spacial score (nSPS) is 26.0. The van der Waals surface area contributed by atoms with Gasteiger partial charge < -0.3 is 10.6 Å². The molecule has 1 unspecified atom stereocenters. The van der Waals surface area contributed by atoms with Gasteiger partial charge in [-0.1, -0.05) is 20.8 Å². The molecule has 0 saturated carbocycles. The predicted octanol–water partition coefficient (Wildman–Crippen LogP) is 2.37. The number of aliphatic imine (C=N–C) groups is 1. The second-order valence-corrected chi connectivity index (χ2v) is 7.44. The molecule has 0 aromatic heterocycles. The molecule has 2 aliphatic heterocycles. The van der Waals surface area contributed by atoms with Gasteiger partial charge in [-0.25, -0.2) is 0 Å². The van der Waals surface area contributed by atoms with Crippen molar-refractivity contribution in [1.82, 2.24) is 20.4 Å². The van der Waals surface area contributed by atoms with Crippen molar-refractivity contribution in [2.45, 2.75) is 58.5 Å². The molecule has 0 radical (unpaired) electrons. The Balaban J connectivity index is 0.00000288. The first-order chi connectivity index (χ1) is 11.1. The van der Waals surface area contributed by atoms with Crippen molar-refractivity contribution in [3.8, 4) is 0 Å². The third-order valence-corrected chi connectivity index (χ3v) is 5.24. The van der Waals surface area contributed by atoms with Gasteiger partial charge in [0.05, 0.1) is 0 Å². The molecule has 24 heavy (non-hydrogen) atoms. The summed E-state index contributed by atoms with van der Waals surface area (Å²) in [5.74, 6) is 1.71. The molecule has 0 bridgehead atoms. The van der Waals surface area contributed by atoms with Gasteiger partial charge in [0.2, 0.25) is 0 Å². The number of rotatable bonds is 7. The zero-order chi connectivity index (χ0) is 16.7. The molecule has 2 rings (SSSR count). The van der Waals surface area contributed by atoms with E-state index < -0.39 is 0 Å². The monoisotopic (exact) mass is 451 g/mol. The van der Waals surface area contributed by atoms with E-state index in [9.17, 15) is 0 Å². The molecule has 0 amide bonds. The number of likely N-dealkylation sites (tertiary alicyclic amines) is 2. The maximum atomic E-state index is 4.40. The zero-order valence-electron chi connectivity index (χ0n) is 16.1. The molecule has 2 N–H and O–H groups in total. The maximum absolute atomic E-state index is 4.40. The highest BCUT2D eigenvalue weighted by atomic mass is 127. The van der Waals surface area contributed by atoms with E-state index in [1.807, 2.05) is 7.05 Å². The molecule has 0 aromatic rings. The van der Waals surface area contributed by atoms with Crippen LogP contribution < -0.4 is 10.6 Å². The van der Waals surface area contributed by atoms with Gasteiger partial charge in [-0.2, -0.15) is 0 Å². The Morgan fingerprint density at radius 2 is 1.58 bits per heavy atom. The molecular formula is C18H38IN5. The van der Waals surface area contributed by atoms with Crippen LogP contribution in [0.3, 0.4) is 0 Å². The molecule has 2 heterocycles. The summed E-state index contributed by atoms with van der Waals surface area (Å²) in [6.07, 6.45) is 5.28. The third-order valence-electron chi connectivity index (χ3n) is 5.24. The summed E-state index contributed by atoms with van der Waals surface area (Å²) < 4.78 is 0. The van der Waals surface area contributed by atoms with E-state index in [4.69, 9.17) is 0 Å². The van der Waals surface area contributed by atoms with Gasteiger partial charge in [0.15, 0.2) is 5.96 Å². The predicted molar refractivity (Wildman–Crippen MR) is 114 cm³/mol. The van der Waals surface area contributed by atoms with Gasteiger partial charge in [0.25, 0.3) is 0 Å². The summed E-state index contributed by atoms with van der Waals surface area (Å²) in [6.45, 7) is 13.8. The largest absolute Gasteiger partial charge is 0.355 e. The Hall–Kier alpha value is -0.0800. The standard InChI is InChI=1S/C18H37N5.HI/c1-5-22-10-6-8-16(22)12-20-18(19-4)21-13-17-9-7-11-23(17)14-15(2)3;/h15-17H,5-14H2,1-4H3,(H2,19,20,21);1H/t16?,17-;/m1./s1. The number of halogens is 1. The minimum atomic E-state index is 0. The summed E-state index contributed by atoms with van der Waals surface area (Å²) in [7, 11) is 1.88. The molecule has 6 heteroatoms. The summed E-state index contributed by atoms with van der Waals surface area (Å²) in [5, 5.41) is 7.08. The number of hydrogen-bond donors (Lipinski definition) is 2. The van der Waals surface area contributed by atoms with Gasteiger partial charge in [0, 0.05) is 38.8 Å². The van der Waals surface area contributed by atoms with Crippen LogP contribution in [0, 0.1) is 5.92 Å². The average molecular weight is 451 g/mol. The Morgan fingerprint density at radius 3 is 2.08 bits per heavy atom. The zero-order valence-corrected chi connectivity index (χ0v) is 18.4. The molecule has 2 atom stereocenters. The third kappa shape index (κ3) is 6.67. The van der Waals surface area contributed by atoms with Crippen LogP contribution >= 0.6 is 24.0 Å². The van der Waals surface area contributed by atoms with E-state index in [0.29, 0.717) is 12.1 Å². The van der Waals surface area contributed by atoms with E-state index in [1.165, 1.54) is 45.3 Å². The lowest BCUT2D eigenvalue weighted by molar-refractivity contribution is 0.226. The molecular weight excluding hydrogens is 413 g/mol. The fourth-order valence-electron chi connectivity index (χ4n) is 4.03. The molecule has 142 valence electrons. The van der Waals surface area contributed by atoms with Crippen LogP contribution in [0.1, 0.15) is 46.5 Å². The highest BCUT2D eigenvalue weighted by molar-refractivity contribution is 14.0. The Kier molecular flexibility index (Phi) is 10.5. The van der Waals surface area contributed by atoms with Crippen molar-refractivity contribution in [2.24, 2.45) is 10.9 Å². The molecule has 2 saturated heterocycles. The second-order valence-electron chi connectivity index (χ2n) is 7.44. The quantitative estimate of drug-likeness (QED) is 0.355. The lowest BCUT2D eigenvalue weighted by Crippen LogP contribution is -2.48. The van der Waals surface area contributed by atoms with Crippen LogP contribution in [0.4, 0.5) is 0 Å². The molecule has 2 aliphatic rings. The van der Waals surface area contributed by atoms with E-state index in [1.54, 1.807) is 0 Å². The van der Waals surface area contributed by atoms with Gasteiger partial charge in [-0.05, 0) is 51.2 Å². The highest BCUT2D eigenvalue weighted by Gasteiger charge is 2.25. The summed E-state index contributed by atoms with van der Waals surface area (Å²) >= 11 is 0. The van der Waals surface area contributed by atoms with E-state index >= 15 is 0 Å². The highest BCUT2D eigenvalue weighted by Crippen LogP contribution is 2.18. The van der Waals surface area contributed by atoms with Gasteiger partial charge in [0.1, 0.15) is 0 Å². The number of likely N-dealkylation sites (N-methyl/N-ethyl adjacent to an activating group) is 1.